The van der Waals surface area contributed by atoms with Gasteiger partial charge in [0, 0.05) is 6.42 Å². The lowest BCUT2D eigenvalue weighted by Crippen LogP contribution is -2.60. The van der Waals surface area contributed by atoms with Crippen LogP contribution < -0.4 is 27.4 Å². The van der Waals surface area contributed by atoms with Crippen LogP contribution in [0.1, 0.15) is 59.8 Å². The quantitative estimate of drug-likeness (QED) is 0.137. The van der Waals surface area contributed by atoms with E-state index in [2.05, 4.69) is 16.0 Å². The minimum absolute atomic E-state index is 0.218. The van der Waals surface area contributed by atoms with Crippen molar-refractivity contribution >= 4 is 35.6 Å². The molecule has 0 aliphatic rings. The highest BCUT2D eigenvalue weighted by atomic mass is 16.4. The highest BCUT2D eigenvalue weighted by molar-refractivity contribution is 5.95. The number of nitrogens with two attached hydrogens (primary N) is 2. The number of hydrogen-bond acceptors (Lipinski definition) is 7. The Kier molecular flexibility index (Phi) is 13.4. The third-order valence-electron chi connectivity index (χ3n) is 5.61. The zero-order valence-electron chi connectivity index (χ0n) is 20.0. The number of carboxylic acids is 2. The van der Waals surface area contributed by atoms with Crippen molar-refractivity contribution in [3.8, 4) is 0 Å². The van der Waals surface area contributed by atoms with Crippen molar-refractivity contribution in [1.29, 1.82) is 0 Å². The average molecular weight is 488 g/mol. The third-order valence-corrected chi connectivity index (χ3v) is 5.61. The molecule has 0 saturated heterocycles. The first-order chi connectivity index (χ1) is 15.7. The molecule has 0 aromatic heterocycles. The number of carbonyl (C=O) groups is 6. The number of hydrogen-bond donors (Lipinski definition) is 7. The van der Waals surface area contributed by atoms with Crippen LogP contribution in [0.15, 0.2) is 0 Å². The van der Waals surface area contributed by atoms with Crippen molar-refractivity contribution in [2.45, 2.75) is 84.0 Å². The average Bonchev–Trinajstić information content (AvgIpc) is 2.75. The summed E-state index contributed by atoms with van der Waals surface area (Å²) in [6.07, 6.45) is -0.163. The molecule has 13 heteroatoms. The summed E-state index contributed by atoms with van der Waals surface area (Å²) in [5.74, 6) is -6.44. The molecular weight excluding hydrogens is 450 g/mol. The smallest absolute Gasteiger partial charge is 0.326 e. The Hall–Kier alpha value is -3.22. The minimum atomic E-state index is -1.39. The number of amides is 4. The second-order valence-corrected chi connectivity index (χ2v) is 8.35. The van der Waals surface area contributed by atoms with Crippen LogP contribution in [0, 0.1) is 11.8 Å². The second-order valence-electron chi connectivity index (χ2n) is 8.35. The summed E-state index contributed by atoms with van der Waals surface area (Å²) in [4.78, 5) is 71.5. The molecule has 34 heavy (non-hydrogen) atoms. The van der Waals surface area contributed by atoms with E-state index in [0.717, 1.165) is 0 Å². The van der Waals surface area contributed by atoms with E-state index < -0.39 is 72.1 Å². The number of primary amides is 1. The zero-order valence-corrected chi connectivity index (χ0v) is 20.0. The predicted molar refractivity (Wildman–Crippen MR) is 121 cm³/mol. The lowest BCUT2D eigenvalue weighted by molar-refractivity contribution is -0.143. The van der Waals surface area contributed by atoms with Gasteiger partial charge in [0.05, 0.1) is 12.5 Å². The van der Waals surface area contributed by atoms with Gasteiger partial charge in [-0.2, -0.15) is 0 Å². The highest BCUT2D eigenvalue weighted by Crippen LogP contribution is 2.13. The monoisotopic (exact) mass is 487 g/mol. The molecule has 13 nitrogen and oxygen atoms in total. The third kappa shape index (κ3) is 10.6. The molecule has 194 valence electrons. The predicted octanol–water partition coefficient (Wildman–Crippen LogP) is -1.31. The molecule has 0 aromatic carbocycles. The van der Waals surface area contributed by atoms with Gasteiger partial charge in [0.15, 0.2) is 0 Å². The molecule has 0 aliphatic heterocycles. The van der Waals surface area contributed by atoms with Crippen LogP contribution >= 0.6 is 0 Å². The van der Waals surface area contributed by atoms with Crippen LogP contribution in [0.25, 0.3) is 0 Å². The van der Waals surface area contributed by atoms with Crippen molar-refractivity contribution in [2.24, 2.45) is 23.3 Å². The van der Waals surface area contributed by atoms with Gasteiger partial charge in [0.2, 0.25) is 23.6 Å². The van der Waals surface area contributed by atoms with E-state index in [0.29, 0.717) is 12.8 Å². The highest BCUT2D eigenvalue weighted by Gasteiger charge is 2.34. The van der Waals surface area contributed by atoms with E-state index in [1.165, 1.54) is 0 Å². The first-order valence-corrected chi connectivity index (χ1v) is 11.1. The molecule has 6 unspecified atom stereocenters. The number of aliphatic carboxylic acids is 2. The Morgan fingerprint density at radius 2 is 1.24 bits per heavy atom. The van der Waals surface area contributed by atoms with E-state index in [-0.39, 0.29) is 18.8 Å². The van der Waals surface area contributed by atoms with Crippen LogP contribution in [0.2, 0.25) is 0 Å². The van der Waals surface area contributed by atoms with Gasteiger partial charge < -0.3 is 37.6 Å². The van der Waals surface area contributed by atoms with Gasteiger partial charge in [-0.15, -0.1) is 0 Å². The molecule has 0 spiro atoms. The molecule has 6 atom stereocenters. The van der Waals surface area contributed by atoms with Gasteiger partial charge >= 0.3 is 11.9 Å². The van der Waals surface area contributed by atoms with Crippen molar-refractivity contribution in [3.63, 3.8) is 0 Å². The van der Waals surface area contributed by atoms with Crippen LogP contribution in [0.4, 0.5) is 0 Å². The van der Waals surface area contributed by atoms with Crippen molar-refractivity contribution in [1.82, 2.24) is 16.0 Å². The number of carboxylic acid groups (broad SMARTS) is 2. The van der Waals surface area contributed by atoms with E-state index in [9.17, 15) is 33.9 Å². The fourth-order valence-corrected chi connectivity index (χ4v) is 2.99. The SMILES string of the molecule is CCC(C)C(NC(=O)C(N)CC(=O)O)C(=O)NC(C(=O)NC(CCC(N)=O)C(=O)O)C(C)CC. The Labute approximate surface area is 198 Å². The summed E-state index contributed by atoms with van der Waals surface area (Å²) >= 11 is 0. The second kappa shape index (κ2) is 14.8. The van der Waals surface area contributed by atoms with Gasteiger partial charge in [0.1, 0.15) is 18.1 Å². The molecule has 0 heterocycles. The maximum absolute atomic E-state index is 13.1. The van der Waals surface area contributed by atoms with Crippen molar-refractivity contribution in [2.75, 3.05) is 0 Å². The van der Waals surface area contributed by atoms with Crippen molar-refractivity contribution in [3.05, 3.63) is 0 Å². The molecule has 4 amide bonds. The Bertz CT molecular complexity index is 759. The van der Waals surface area contributed by atoms with Crippen LogP contribution in [0.3, 0.4) is 0 Å². The van der Waals surface area contributed by atoms with Gasteiger partial charge in [-0.3, -0.25) is 24.0 Å². The van der Waals surface area contributed by atoms with E-state index in [1.54, 1.807) is 27.7 Å². The minimum Gasteiger partial charge on any atom is -0.481 e. The maximum Gasteiger partial charge on any atom is 0.326 e. The standard InChI is InChI=1S/C21H37N5O8/c1-5-10(3)16(19(31)24-13(21(33)34)7-8-14(23)27)26-20(32)17(11(4)6-2)25-18(30)12(22)9-15(28)29/h10-13,16-17H,5-9,22H2,1-4H3,(H2,23,27)(H,24,31)(H,25,30)(H,26,32)(H,28,29)(H,33,34). The molecular formula is C21H37N5O8. The first kappa shape index (κ1) is 30.8. The van der Waals surface area contributed by atoms with Gasteiger partial charge in [0.25, 0.3) is 0 Å². The molecule has 0 saturated carbocycles. The summed E-state index contributed by atoms with van der Waals surface area (Å²) in [6.45, 7) is 6.93. The summed E-state index contributed by atoms with van der Waals surface area (Å²) < 4.78 is 0. The number of rotatable bonds is 16. The van der Waals surface area contributed by atoms with Gasteiger partial charge in [-0.25, -0.2) is 4.79 Å². The molecule has 0 rings (SSSR count). The summed E-state index contributed by atoms with van der Waals surface area (Å²) in [7, 11) is 0. The lowest BCUT2D eigenvalue weighted by Gasteiger charge is -2.30. The fourth-order valence-electron chi connectivity index (χ4n) is 2.99. The molecule has 0 bridgehead atoms. The van der Waals surface area contributed by atoms with Gasteiger partial charge in [-0.05, 0) is 18.3 Å². The maximum atomic E-state index is 13.1. The van der Waals surface area contributed by atoms with Crippen molar-refractivity contribution < 1.29 is 39.0 Å². The fraction of sp³-hybridized carbons (Fsp3) is 0.714. The molecule has 0 aliphatic carbocycles. The number of nitrogens with one attached hydrogen (secondary N) is 3. The first-order valence-electron chi connectivity index (χ1n) is 11.1. The Morgan fingerprint density at radius 1 is 0.794 bits per heavy atom. The summed E-state index contributed by atoms with van der Waals surface area (Å²) in [5.41, 5.74) is 10.6. The molecule has 0 fully saturated rings. The van der Waals surface area contributed by atoms with E-state index >= 15 is 0 Å². The van der Waals surface area contributed by atoms with Crippen LogP contribution in [-0.2, 0) is 28.8 Å². The lowest BCUT2D eigenvalue weighted by atomic mass is 9.94. The Balaban J connectivity index is 5.62. The van der Waals surface area contributed by atoms with Crippen LogP contribution in [-0.4, -0.2) is 69.9 Å². The van der Waals surface area contributed by atoms with Crippen LogP contribution in [0.5, 0.6) is 0 Å². The molecule has 9 N–H and O–H groups in total. The van der Waals surface area contributed by atoms with E-state index in [4.69, 9.17) is 16.6 Å². The van der Waals surface area contributed by atoms with Gasteiger partial charge in [-0.1, -0.05) is 40.5 Å². The molecule has 0 aromatic rings. The van der Waals surface area contributed by atoms with E-state index in [1.807, 2.05) is 0 Å². The normalized spacial score (nSPS) is 16.1. The summed E-state index contributed by atoms with van der Waals surface area (Å²) in [5, 5.41) is 25.5. The number of carbonyl (C=O) groups excluding carboxylic acids is 4. The zero-order chi connectivity index (χ0) is 26.6. The largest absolute Gasteiger partial charge is 0.481 e. The molecule has 0 radical (unpaired) electrons. The summed E-state index contributed by atoms with van der Waals surface area (Å²) in [6, 6.07) is -5.00. The Morgan fingerprint density at radius 3 is 1.62 bits per heavy atom. The topological polar surface area (TPSA) is 231 Å².